The Morgan fingerprint density at radius 3 is 2.68 bits per heavy atom. The molecule has 2 N–H and O–H groups in total. The molecule has 0 fully saturated rings. The van der Waals surface area contributed by atoms with E-state index in [4.69, 9.17) is 11.6 Å². The van der Waals surface area contributed by atoms with Crippen LogP contribution in [0.2, 0.25) is 5.02 Å². The van der Waals surface area contributed by atoms with E-state index in [1.54, 1.807) is 6.07 Å². The van der Waals surface area contributed by atoms with Crippen LogP contribution in [0.5, 0.6) is 5.75 Å². The molecule has 0 saturated carbocycles. The summed E-state index contributed by atoms with van der Waals surface area (Å²) in [5.74, 6) is 0.433. The number of benzene rings is 2. The zero-order chi connectivity index (χ0) is 13.2. The normalized spacial score (nSPS) is 17.8. The summed E-state index contributed by atoms with van der Waals surface area (Å²) in [4.78, 5) is 0. The summed E-state index contributed by atoms with van der Waals surface area (Å²) in [6.07, 6.45) is 2.91. The molecule has 1 aliphatic carbocycles. The van der Waals surface area contributed by atoms with Gasteiger partial charge in [0, 0.05) is 16.8 Å². The van der Waals surface area contributed by atoms with Crippen molar-refractivity contribution in [3.8, 4) is 5.75 Å². The van der Waals surface area contributed by atoms with Gasteiger partial charge in [0.1, 0.15) is 5.75 Å². The molecular formula is C16H16ClNO. The standard InChI is InChI=1S/C16H16ClNO/c17-12-4-6-13(7-5-12)18-14-8-9-15-11(10-14)2-1-3-16(15)19/h1-7,14,18-19H,8-10H2. The SMILES string of the molecule is Oc1cccc2c1CCC(Nc1ccc(Cl)cc1)C2. The molecule has 0 aromatic heterocycles. The molecule has 1 atom stereocenters. The van der Waals surface area contributed by atoms with Gasteiger partial charge in [0.15, 0.2) is 0 Å². The fraction of sp³-hybridized carbons (Fsp3) is 0.250. The van der Waals surface area contributed by atoms with E-state index in [1.807, 2.05) is 30.3 Å². The lowest BCUT2D eigenvalue weighted by Crippen LogP contribution is -2.27. The van der Waals surface area contributed by atoms with Gasteiger partial charge in [-0.05, 0) is 60.7 Å². The van der Waals surface area contributed by atoms with Crippen LogP contribution in [0.25, 0.3) is 0 Å². The lowest BCUT2D eigenvalue weighted by molar-refractivity contribution is 0.459. The number of rotatable bonds is 2. The zero-order valence-electron chi connectivity index (χ0n) is 10.6. The number of phenolic OH excluding ortho intramolecular Hbond substituents is 1. The van der Waals surface area contributed by atoms with Crippen LogP contribution in [0, 0.1) is 0 Å². The molecule has 2 nitrogen and oxygen atoms in total. The van der Waals surface area contributed by atoms with Crippen LogP contribution in [-0.2, 0) is 12.8 Å². The first-order valence-corrected chi connectivity index (χ1v) is 6.92. The van der Waals surface area contributed by atoms with Crippen LogP contribution in [-0.4, -0.2) is 11.1 Å². The third-order valence-corrected chi connectivity index (χ3v) is 3.92. The molecule has 2 aromatic rings. The van der Waals surface area contributed by atoms with Gasteiger partial charge in [-0.2, -0.15) is 0 Å². The second-order valence-corrected chi connectivity index (χ2v) is 5.44. The monoisotopic (exact) mass is 273 g/mol. The highest BCUT2D eigenvalue weighted by Crippen LogP contribution is 2.30. The first kappa shape index (κ1) is 12.4. The Labute approximate surface area is 118 Å². The minimum atomic E-state index is 0.412. The van der Waals surface area contributed by atoms with Crippen molar-refractivity contribution in [2.45, 2.75) is 25.3 Å². The first-order valence-electron chi connectivity index (χ1n) is 6.54. The van der Waals surface area contributed by atoms with Gasteiger partial charge in [0.2, 0.25) is 0 Å². The van der Waals surface area contributed by atoms with Crippen molar-refractivity contribution in [3.63, 3.8) is 0 Å². The third-order valence-electron chi connectivity index (χ3n) is 3.67. The van der Waals surface area contributed by atoms with Crippen LogP contribution in [0.4, 0.5) is 5.69 Å². The topological polar surface area (TPSA) is 32.3 Å². The summed E-state index contributed by atoms with van der Waals surface area (Å²) in [6, 6.07) is 14.0. The van der Waals surface area contributed by atoms with Crippen molar-refractivity contribution < 1.29 is 5.11 Å². The van der Waals surface area contributed by atoms with Crippen molar-refractivity contribution in [1.29, 1.82) is 0 Å². The molecule has 2 aromatic carbocycles. The predicted molar refractivity (Wildman–Crippen MR) is 79.0 cm³/mol. The number of nitrogens with one attached hydrogen (secondary N) is 1. The Hall–Kier alpha value is -1.67. The minimum Gasteiger partial charge on any atom is -0.508 e. The number of halogens is 1. The van der Waals surface area contributed by atoms with Gasteiger partial charge in [-0.25, -0.2) is 0 Å². The maximum atomic E-state index is 9.83. The molecular weight excluding hydrogens is 258 g/mol. The van der Waals surface area contributed by atoms with Crippen molar-refractivity contribution in [1.82, 2.24) is 0 Å². The van der Waals surface area contributed by atoms with E-state index < -0.39 is 0 Å². The summed E-state index contributed by atoms with van der Waals surface area (Å²) >= 11 is 5.88. The lowest BCUT2D eigenvalue weighted by atomic mass is 9.87. The van der Waals surface area contributed by atoms with Crippen LogP contribution in [0.1, 0.15) is 17.5 Å². The Bertz CT molecular complexity index is 580. The Kier molecular flexibility index (Phi) is 3.34. The number of anilines is 1. The molecule has 1 aliphatic rings. The number of hydrogen-bond acceptors (Lipinski definition) is 2. The Morgan fingerprint density at radius 2 is 1.89 bits per heavy atom. The summed E-state index contributed by atoms with van der Waals surface area (Å²) in [6.45, 7) is 0. The van der Waals surface area contributed by atoms with Crippen molar-refractivity contribution in [2.75, 3.05) is 5.32 Å². The highest BCUT2D eigenvalue weighted by atomic mass is 35.5. The molecule has 19 heavy (non-hydrogen) atoms. The predicted octanol–water partition coefficient (Wildman–Crippen LogP) is 4.02. The van der Waals surface area contributed by atoms with E-state index in [9.17, 15) is 5.11 Å². The van der Waals surface area contributed by atoms with Gasteiger partial charge in [-0.3, -0.25) is 0 Å². The molecule has 0 radical (unpaired) electrons. The summed E-state index contributed by atoms with van der Waals surface area (Å²) < 4.78 is 0. The van der Waals surface area contributed by atoms with Crippen LogP contribution < -0.4 is 5.32 Å². The average molecular weight is 274 g/mol. The van der Waals surface area contributed by atoms with Gasteiger partial charge in [-0.1, -0.05) is 23.7 Å². The molecule has 0 amide bonds. The maximum absolute atomic E-state index is 9.83. The fourth-order valence-corrected chi connectivity index (χ4v) is 2.82. The van der Waals surface area contributed by atoms with E-state index >= 15 is 0 Å². The number of hydrogen-bond donors (Lipinski definition) is 2. The van der Waals surface area contributed by atoms with Gasteiger partial charge in [0.05, 0.1) is 0 Å². The van der Waals surface area contributed by atoms with Gasteiger partial charge in [0.25, 0.3) is 0 Å². The van der Waals surface area contributed by atoms with E-state index in [-0.39, 0.29) is 0 Å². The molecule has 1 unspecified atom stereocenters. The first-order chi connectivity index (χ1) is 9.22. The van der Waals surface area contributed by atoms with Gasteiger partial charge < -0.3 is 10.4 Å². The Balaban J connectivity index is 1.74. The van der Waals surface area contributed by atoms with Crippen molar-refractivity contribution >= 4 is 17.3 Å². The fourth-order valence-electron chi connectivity index (χ4n) is 2.69. The minimum absolute atomic E-state index is 0.412. The second-order valence-electron chi connectivity index (χ2n) is 5.01. The second kappa shape index (κ2) is 5.14. The molecule has 0 saturated heterocycles. The summed E-state index contributed by atoms with van der Waals surface area (Å²) in [5, 5.41) is 14.1. The molecule has 0 aliphatic heterocycles. The van der Waals surface area contributed by atoms with Crippen LogP contribution >= 0.6 is 11.6 Å². The zero-order valence-corrected chi connectivity index (χ0v) is 11.3. The highest BCUT2D eigenvalue weighted by Gasteiger charge is 2.20. The van der Waals surface area contributed by atoms with Crippen LogP contribution in [0.15, 0.2) is 42.5 Å². The molecule has 0 heterocycles. The lowest BCUT2D eigenvalue weighted by Gasteiger charge is -2.26. The number of aromatic hydroxyl groups is 1. The van der Waals surface area contributed by atoms with E-state index in [0.717, 1.165) is 35.5 Å². The van der Waals surface area contributed by atoms with Crippen molar-refractivity contribution in [2.24, 2.45) is 0 Å². The smallest absolute Gasteiger partial charge is 0.119 e. The Morgan fingerprint density at radius 1 is 1.11 bits per heavy atom. The average Bonchev–Trinajstić information content (AvgIpc) is 2.42. The van der Waals surface area contributed by atoms with Crippen LogP contribution in [0.3, 0.4) is 0 Å². The highest BCUT2D eigenvalue weighted by molar-refractivity contribution is 6.30. The molecule has 3 rings (SSSR count). The van der Waals surface area contributed by atoms with E-state index in [2.05, 4.69) is 11.4 Å². The van der Waals surface area contributed by atoms with E-state index in [0.29, 0.717) is 11.8 Å². The number of phenols is 1. The third kappa shape index (κ3) is 2.69. The molecule has 98 valence electrons. The summed E-state index contributed by atoms with van der Waals surface area (Å²) in [5.41, 5.74) is 3.45. The van der Waals surface area contributed by atoms with E-state index in [1.165, 1.54) is 5.56 Å². The molecule has 3 heteroatoms. The maximum Gasteiger partial charge on any atom is 0.119 e. The van der Waals surface area contributed by atoms with Gasteiger partial charge >= 0.3 is 0 Å². The number of fused-ring (bicyclic) bond motifs is 1. The van der Waals surface area contributed by atoms with Gasteiger partial charge in [-0.15, -0.1) is 0 Å². The molecule has 0 bridgehead atoms. The largest absolute Gasteiger partial charge is 0.508 e. The van der Waals surface area contributed by atoms with Crippen molar-refractivity contribution in [3.05, 3.63) is 58.6 Å². The molecule has 0 spiro atoms. The summed E-state index contributed by atoms with van der Waals surface area (Å²) in [7, 11) is 0. The quantitative estimate of drug-likeness (QED) is 0.866.